The summed E-state index contributed by atoms with van der Waals surface area (Å²) in [7, 11) is 1.64. The van der Waals surface area contributed by atoms with Crippen molar-refractivity contribution in [2.45, 2.75) is 26.4 Å². The van der Waals surface area contributed by atoms with Gasteiger partial charge in [-0.15, -0.1) is 0 Å². The molecule has 0 radical (unpaired) electrons. The number of ether oxygens (including phenoxy) is 1. The van der Waals surface area contributed by atoms with Crippen LogP contribution >= 0.6 is 0 Å². The molecule has 0 spiro atoms. The van der Waals surface area contributed by atoms with Crippen molar-refractivity contribution in [2.75, 3.05) is 19.0 Å². The fourth-order valence-corrected chi connectivity index (χ4v) is 1.98. The van der Waals surface area contributed by atoms with E-state index in [4.69, 9.17) is 4.74 Å². The second-order valence-corrected chi connectivity index (χ2v) is 4.82. The van der Waals surface area contributed by atoms with Crippen LogP contribution in [0.25, 0.3) is 0 Å². The summed E-state index contributed by atoms with van der Waals surface area (Å²) in [4.78, 5) is 8.98. The highest BCUT2D eigenvalue weighted by Gasteiger charge is 2.06. The summed E-state index contributed by atoms with van der Waals surface area (Å²) in [5.41, 5.74) is 1.82. The zero-order valence-electron chi connectivity index (χ0n) is 12.4. The maximum Gasteiger partial charge on any atom is 0.135 e. The lowest BCUT2D eigenvalue weighted by atomic mass is 10.1. The number of aromatic nitrogens is 2. The fourth-order valence-electron chi connectivity index (χ4n) is 1.98. The van der Waals surface area contributed by atoms with Crippen LogP contribution in [0.2, 0.25) is 0 Å². The topological polar surface area (TPSA) is 47.0 Å². The molecule has 0 atom stereocenters. The van der Waals surface area contributed by atoms with Gasteiger partial charge >= 0.3 is 0 Å². The molecular formula is C16H20FN3O. The highest BCUT2D eigenvalue weighted by atomic mass is 19.1. The van der Waals surface area contributed by atoms with E-state index in [1.165, 1.54) is 12.1 Å². The minimum absolute atomic E-state index is 0.238. The summed E-state index contributed by atoms with van der Waals surface area (Å²) in [5, 5.41) is 3.26. The van der Waals surface area contributed by atoms with Crippen molar-refractivity contribution >= 4 is 5.82 Å². The van der Waals surface area contributed by atoms with E-state index in [0.29, 0.717) is 18.9 Å². The summed E-state index contributed by atoms with van der Waals surface area (Å²) >= 11 is 0. The lowest BCUT2D eigenvalue weighted by Gasteiger charge is -2.09. The standard InChI is InChI=1S/C16H20FN3O/c1-3-8-18-15-10-14(11-21-2)19-16(20-15)9-12-4-6-13(17)7-5-12/h4-7,10H,3,8-9,11H2,1-2H3,(H,18,19,20). The minimum Gasteiger partial charge on any atom is -0.378 e. The van der Waals surface area contributed by atoms with E-state index in [0.717, 1.165) is 30.0 Å². The Morgan fingerprint density at radius 3 is 2.62 bits per heavy atom. The molecule has 112 valence electrons. The van der Waals surface area contributed by atoms with Crippen LogP contribution in [0.1, 0.15) is 30.4 Å². The normalized spacial score (nSPS) is 10.6. The van der Waals surface area contributed by atoms with Crippen molar-refractivity contribution in [3.8, 4) is 0 Å². The van der Waals surface area contributed by atoms with Gasteiger partial charge in [0.15, 0.2) is 0 Å². The van der Waals surface area contributed by atoms with Crippen LogP contribution in [0.4, 0.5) is 10.2 Å². The van der Waals surface area contributed by atoms with Gasteiger partial charge in [-0.2, -0.15) is 0 Å². The van der Waals surface area contributed by atoms with Gasteiger partial charge in [0.1, 0.15) is 17.5 Å². The number of hydrogen-bond donors (Lipinski definition) is 1. The van der Waals surface area contributed by atoms with Crippen LogP contribution in [-0.2, 0) is 17.8 Å². The maximum atomic E-state index is 12.9. The quantitative estimate of drug-likeness (QED) is 0.850. The molecule has 1 N–H and O–H groups in total. The van der Waals surface area contributed by atoms with Gasteiger partial charge in [0.2, 0.25) is 0 Å². The molecule has 0 aliphatic rings. The Kier molecular flexibility index (Phi) is 5.63. The summed E-state index contributed by atoms with van der Waals surface area (Å²) in [5.74, 6) is 1.27. The largest absolute Gasteiger partial charge is 0.378 e. The van der Waals surface area contributed by atoms with Gasteiger partial charge in [0, 0.05) is 26.1 Å². The van der Waals surface area contributed by atoms with Crippen molar-refractivity contribution in [1.29, 1.82) is 0 Å². The van der Waals surface area contributed by atoms with Crippen molar-refractivity contribution in [1.82, 2.24) is 9.97 Å². The Morgan fingerprint density at radius 2 is 1.95 bits per heavy atom. The Morgan fingerprint density at radius 1 is 1.19 bits per heavy atom. The molecule has 1 heterocycles. The lowest BCUT2D eigenvalue weighted by molar-refractivity contribution is 0.181. The number of anilines is 1. The van der Waals surface area contributed by atoms with Crippen LogP contribution in [-0.4, -0.2) is 23.6 Å². The molecule has 0 saturated heterocycles. The molecule has 0 aliphatic carbocycles. The van der Waals surface area contributed by atoms with E-state index in [1.54, 1.807) is 19.2 Å². The molecule has 2 aromatic rings. The highest BCUT2D eigenvalue weighted by Crippen LogP contribution is 2.12. The van der Waals surface area contributed by atoms with Crippen LogP contribution in [0.3, 0.4) is 0 Å². The molecule has 0 aliphatic heterocycles. The zero-order chi connectivity index (χ0) is 15.1. The molecule has 4 nitrogen and oxygen atoms in total. The number of nitrogens with zero attached hydrogens (tertiary/aromatic N) is 2. The SMILES string of the molecule is CCCNc1cc(COC)nc(Cc2ccc(F)cc2)n1. The molecule has 21 heavy (non-hydrogen) atoms. The first-order valence-electron chi connectivity index (χ1n) is 7.05. The molecular weight excluding hydrogens is 269 g/mol. The van der Waals surface area contributed by atoms with Gasteiger partial charge in [-0.3, -0.25) is 0 Å². The molecule has 1 aromatic carbocycles. The molecule has 0 unspecified atom stereocenters. The zero-order valence-corrected chi connectivity index (χ0v) is 12.4. The van der Waals surface area contributed by atoms with Crippen LogP contribution in [0.15, 0.2) is 30.3 Å². The average Bonchev–Trinajstić information content (AvgIpc) is 2.48. The molecule has 0 amide bonds. The second kappa shape index (κ2) is 7.69. The predicted molar refractivity (Wildman–Crippen MR) is 80.7 cm³/mol. The Bertz CT molecular complexity index is 572. The van der Waals surface area contributed by atoms with Crippen LogP contribution < -0.4 is 5.32 Å². The number of methoxy groups -OCH3 is 1. The molecule has 2 rings (SSSR count). The van der Waals surface area contributed by atoms with Crippen LogP contribution in [0, 0.1) is 5.82 Å². The second-order valence-electron chi connectivity index (χ2n) is 4.82. The van der Waals surface area contributed by atoms with E-state index in [9.17, 15) is 4.39 Å². The van der Waals surface area contributed by atoms with Gasteiger partial charge in [-0.05, 0) is 24.1 Å². The van der Waals surface area contributed by atoms with Gasteiger partial charge < -0.3 is 10.1 Å². The third kappa shape index (κ3) is 4.79. The van der Waals surface area contributed by atoms with Crippen molar-refractivity contribution in [3.63, 3.8) is 0 Å². The lowest BCUT2D eigenvalue weighted by Crippen LogP contribution is -2.08. The summed E-state index contributed by atoms with van der Waals surface area (Å²) in [6.07, 6.45) is 1.59. The van der Waals surface area contributed by atoms with Crippen molar-refractivity contribution < 1.29 is 9.13 Å². The number of benzene rings is 1. The third-order valence-corrected chi connectivity index (χ3v) is 2.95. The first kappa shape index (κ1) is 15.4. The van der Waals surface area contributed by atoms with E-state index >= 15 is 0 Å². The van der Waals surface area contributed by atoms with Crippen molar-refractivity contribution in [3.05, 3.63) is 53.2 Å². The molecule has 5 heteroatoms. The average molecular weight is 289 g/mol. The van der Waals surface area contributed by atoms with Crippen molar-refractivity contribution in [2.24, 2.45) is 0 Å². The first-order chi connectivity index (χ1) is 10.2. The third-order valence-electron chi connectivity index (χ3n) is 2.95. The van der Waals surface area contributed by atoms with E-state index in [1.807, 2.05) is 6.07 Å². The fraction of sp³-hybridized carbons (Fsp3) is 0.375. The molecule has 0 saturated carbocycles. The Labute approximate surface area is 124 Å². The number of halogens is 1. The summed E-state index contributed by atoms with van der Waals surface area (Å²) in [6.45, 7) is 3.41. The number of hydrogen-bond acceptors (Lipinski definition) is 4. The summed E-state index contributed by atoms with van der Waals surface area (Å²) in [6, 6.07) is 8.30. The molecule has 0 fully saturated rings. The Hall–Kier alpha value is -2.01. The van der Waals surface area contributed by atoms with E-state index in [-0.39, 0.29) is 5.82 Å². The van der Waals surface area contributed by atoms with Gasteiger partial charge in [0.25, 0.3) is 0 Å². The smallest absolute Gasteiger partial charge is 0.135 e. The minimum atomic E-state index is -0.238. The summed E-state index contributed by atoms with van der Waals surface area (Å²) < 4.78 is 18.1. The number of nitrogens with one attached hydrogen (secondary N) is 1. The Balaban J connectivity index is 2.19. The monoisotopic (exact) mass is 289 g/mol. The van der Waals surface area contributed by atoms with Gasteiger partial charge in [-0.1, -0.05) is 19.1 Å². The highest BCUT2D eigenvalue weighted by molar-refractivity contribution is 5.36. The first-order valence-corrected chi connectivity index (χ1v) is 7.05. The van der Waals surface area contributed by atoms with E-state index < -0.39 is 0 Å². The van der Waals surface area contributed by atoms with Gasteiger partial charge in [0.05, 0.1) is 12.3 Å². The predicted octanol–water partition coefficient (Wildman–Crippen LogP) is 3.17. The number of rotatable bonds is 7. The van der Waals surface area contributed by atoms with Gasteiger partial charge in [-0.25, -0.2) is 14.4 Å². The van der Waals surface area contributed by atoms with Crippen LogP contribution in [0.5, 0.6) is 0 Å². The maximum absolute atomic E-state index is 12.9. The van der Waals surface area contributed by atoms with E-state index in [2.05, 4.69) is 22.2 Å². The molecule has 0 bridgehead atoms. The molecule has 1 aromatic heterocycles.